The summed E-state index contributed by atoms with van der Waals surface area (Å²) in [4.78, 5) is 4.58. The third-order valence-electron chi connectivity index (χ3n) is 6.77. The number of halogens is 1. The van der Waals surface area contributed by atoms with Crippen LogP contribution in [0.1, 0.15) is 52.5 Å². The SMILES string of the molecule is CCNc1cc2c(cn1)c(-c1cnn(C(C)(C)C#N)c1)nn2[C@H]1CC[C@@H](Oc2ccccc2F)CC1. The molecule has 0 aliphatic heterocycles. The molecule has 0 bridgehead atoms. The van der Waals surface area contributed by atoms with Gasteiger partial charge in [0.25, 0.3) is 0 Å². The van der Waals surface area contributed by atoms with Crippen LogP contribution in [0, 0.1) is 17.1 Å². The summed E-state index contributed by atoms with van der Waals surface area (Å²) in [5.74, 6) is 0.785. The summed E-state index contributed by atoms with van der Waals surface area (Å²) in [5, 5.41) is 23.2. The van der Waals surface area contributed by atoms with Gasteiger partial charge in [0, 0.05) is 36.0 Å². The van der Waals surface area contributed by atoms with E-state index in [9.17, 15) is 9.65 Å². The molecule has 9 heteroatoms. The van der Waals surface area contributed by atoms with Crippen molar-refractivity contribution in [3.05, 3.63) is 54.7 Å². The molecular formula is C27H30FN7O. The van der Waals surface area contributed by atoms with E-state index in [4.69, 9.17) is 9.84 Å². The van der Waals surface area contributed by atoms with Gasteiger partial charge in [0.15, 0.2) is 11.6 Å². The molecule has 1 saturated carbocycles. The molecule has 1 aromatic carbocycles. The Hall–Kier alpha value is -3.93. The molecule has 4 aromatic rings. The second kappa shape index (κ2) is 9.61. The minimum atomic E-state index is -0.760. The van der Waals surface area contributed by atoms with E-state index in [2.05, 4.69) is 26.2 Å². The van der Waals surface area contributed by atoms with Crippen LogP contribution >= 0.6 is 0 Å². The third-order valence-corrected chi connectivity index (χ3v) is 6.77. The van der Waals surface area contributed by atoms with E-state index in [1.807, 2.05) is 39.2 Å². The van der Waals surface area contributed by atoms with Crippen LogP contribution in [0.2, 0.25) is 0 Å². The maximum absolute atomic E-state index is 14.0. The van der Waals surface area contributed by atoms with Crippen molar-refractivity contribution in [1.29, 1.82) is 5.26 Å². The van der Waals surface area contributed by atoms with Crippen molar-refractivity contribution >= 4 is 16.7 Å². The van der Waals surface area contributed by atoms with Crippen molar-refractivity contribution < 1.29 is 9.13 Å². The molecule has 0 amide bonds. The fourth-order valence-corrected chi connectivity index (χ4v) is 4.73. The lowest BCUT2D eigenvalue weighted by atomic mass is 9.93. The molecule has 0 spiro atoms. The molecule has 0 radical (unpaired) electrons. The van der Waals surface area contributed by atoms with Gasteiger partial charge in [0.2, 0.25) is 0 Å². The third kappa shape index (κ3) is 4.51. The normalized spacial score (nSPS) is 18.2. The highest BCUT2D eigenvalue weighted by atomic mass is 19.1. The van der Waals surface area contributed by atoms with Gasteiger partial charge in [-0.3, -0.25) is 9.36 Å². The van der Waals surface area contributed by atoms with Crippen molar-refractivity contribution in [2.45, 2.75) is 64.1 Å². The van der Waals surface area contributed by atoms with Crippen LogP contribution in [0.15, 0.2) is 48.9 Å². The number of aromatic nitrogens is 5. The first-order valence-corrected chi connectivity index (χ1v) is 12.4. The van der Waals surface area contributed by atoms with Crippen molar-refractivity contribution in [2.24, 2.45) is 0 Å². The summed E-state index contributed by atoms with van der Waals surface area (Å²) < 4.78 is 23.8. The van der Waals surface area contributed by atoms with E-state index in [1.165, 1.54) is 6.07 Å². The van der Waals surface area contributed by atoms with Crippen LogP contribution in [-0.4, -0.2) is 37.2 Å². The fourth-order valence-electron chi connectivity index (χ4n) is 4.73. The largest absolute Gasteiger partial charge is 0.487 e. The zero-order chi connectivity index (χ0) is 25.3. The van der Waals surface area contributed by atoms with Gasteiger partial charge < -0.3 is 10.1 Å². The number of nitrogens with zero attached hydrogens (tertiary/aromatic N) is 6. The van der Waals surface area contributed by atoms with Crippen LogP contribution in [0.3, 0.4) is 0 Å². The lowest BCUT2D eigenvalue weighted by molar-refractivity contribution is 0.126. The number of hydrogen-bond acceptors (Lipinski definition) is 6. The quantitative estimate of drug-likeness (QED) is 0.360. The molecule has 0 saturated heterocycles. The minimum Gasteiger partial charge on any atom is -0.487 e. The van der Waals surface area contributed by atoms with E-state index in [1.54, 1.807) is 29.1 Å². The summed E-state index contributed by atoms with van der Waals surface area (Å²) in [6.07, 6.45) is 8.82. The topological polar surface area (TPSA) is 93.6 Å². The number of anilines is 1. The van der Waals surface area contributed by atoms with Gasteiger partial charge in [-0.15, -0.1) is 0 Å². The Morgan fingerprint density at radius 3 is 2.69 bits per heavy atom. The minimum absolute atomic E-state index is 0.0233. The van der Waals surface area contributed by atoms with Crippen LogP contribution in [0.5, 0.6) is 5.75 Å². The number of nitriles is 1. The van der Waals surface area contributed by atoms with Gasteiger partial charge in [-0.05, 0) is 58.6 Å². The van der Waals surface area contributed by atoms with Gasteiger partial charge in [0.1, 0.15) is 17.1 Å². The first kappa shape index (κ1) is 23.8. The first-order valence-electron chi connectivity index (χ1n) is 12.4. The maximum atomic E-state index is 14.0. The maximum Gasteiger partial charge on any atom is 0.165 e. The average Bonchev–Trinajstić information content (AvgIpc) is 3.52. The van der Waals surface area contributed by atoms with Crippen LogP contribution in [0.4, 0.5) is 10.2 Å². The molecule has 3 aromatic heterocycles. The molecule has 1 fully saturated rings. The Balaban J connectivity index is 1.44. The van der Waals surface area contributed by atoms with Gasteiger partial charge in [-0.1, -0.05) is 12.1 Å². The summed E-state index contributed by atoms with van der Waals surface area (Å²) in [5.41, 5.74) is 1.88. The molecule has 1 N–H and O–H groups in total. The highest BCUT2D eigenvalue weighted by molar-refractivity contribution is 5.93. The summed E-state index contributed by atoms with van der Waals surface area (Å²) >= 11 is 0. The number of para-hydroxylation sites is 1. The van der Waals surface area contributed by atoms with Crippen LogP contribution in [-0.2, 0) is 5.54 Å². The van der Waals surface area contributed by atoms with Crippen molar-refractivity contribution in [3.63, 3.8) is 0 Å². The molecule has 1 aliphatic carbocycles. The van der Waals surface area contributed by atoms with Gasteiger partial charge >= 0.3 is 0 Å². The molecule has 36 heavy (non-hydrogen) atoms. The van der Waals surface area contributed by atoms with Crippen molar-refractivity contribution in [1.82, 2.24) is 24.5 Å². The van der Waals surface area contributed by atoms with E-state index in [0.29, 0.717) is 5.75 Å². The van der Waals surface area contributed by atoms with Gasteiger partial charge in [-0.2, -0.15) is 15.5 Å². The lowest BCUT2D eigenvalue weighted by Gasteiger charge is -2.29. The number of rotatable bonds is 7. The Kier molecular flexibility index (Phi) is 6.35. The molecule has 3 heterocycles. The standard InChI is InChI=1S/C27H30FN7O/c1-4-30-25-13-23-21(15-31-25)26(18-14-32-34(16-18)27(2,3)17-29)33-35(23)19-9-11-20(12-10-19)36-24-8-6-5-7-22(24)28/h5-8,13-16,19-20H,4,9-12H2,1-3H3,(H,30,31)/t19-,20+. The second-order valence-electron chi connectivity index (χ2n) is 9.73. The Labute approximate surface area is 209 Å². The molecule has 186 valence electrons. The zero-order valence-corrected chi connectivity index (χ0v) is 20.8. The van der Waals surface area contributed by atoms with E-state index in [0.717, 1.165) is 60.2 Å². The fraction of sp³-hybridized carbons (Fsp3) is 0.407. The van der Waals surface area contributed by atoms with Crippen molar-refractivity contribution in [2.75, 3.05) is 11.9 Å². The smallest absolute Gasteiger partial charge is 0.165 e. The Morgan fingerprint density at radius 1 is 1.19 bits per heavy atom. The number of hydrogen-bond donors (Lipinski definition) is 1. The van der Waals surface area contributed by atoms with Crippen LogP contribution < -0.4 is 10.1 Å². The van der Waals surface area contributed by atoms with E-state index < -0.39 is 5.54 Å². The predicted octanol–water partition coefficient (Wildman–Crippen LogP) is 5.69. The highest BCUT2D eigenvalue weighted by Gasteiger charge is 2.28. The van der Waals surface area contributed by atoms with E-state index in [-0.39, 0.29) is 18.0 Å². The highest BCUT2D eigenvalue weighted by Crippen LogP contribution is 2.37. The molecule has 8 nitrogen and oxygen atoms in total. The molecular weight excluding hydrogens is 457 g/mol. The predicted molar refractivity (Wildman–Crippen MR) is 136 cm³/mol. The summed E-state index contributed by atoms with van der Waals surface area (Å²) in [6, 6.07) is 11.1. The molecule has 1 aliphatic rings. The van der Waals surface area contributed by atoms with E-state index >= 15 is 0 Å². The second-order valence-corrected chi connectivity index (χ2v) is 9.73. The number of ether oxygens (including phenoxy) is 1. The number of fused-ring (bicyclic) bond motifs is 1. The lowest BCUT2D eigenvalue weighted by Crippen LogP contribution is -2.26. The van der Waals surface area contributed by atoms with Gasteiger partial charge in [0.05, 0.1) is 29.9 Å². The Morgan fingerprint density at radius 2 is 1.97 bits per heavy atom. The summed E-state index contributed by atoms with van der Waals surface area (Å²) in [6.45, 7) is 6.46. The monoisotopic (exact) mass is 487 g/mol. The average molecular weight is 488 g/mol. The molecule has 5 rings (SSSR count). The summed E-state index contributed by atoms with van der Waals surface area (Å²) in [7, 11) is 0. The van der Waals surface area contributed by atoms with Gasteiger partial charge in [-0.25, -0.2) is 9.37 Å². The van der Waals surface area contributed by atoms with Crippen molar-refractivity contribution in [3.8, 4) is 23.1 Å². The number of nitrogens with one attached hydrogen (secondary N) is 1. The number of pyridine rings is 1. The zero-order valence-electron chi connectivity index (χ0n) is 20.8. The first-order chi connectivity index (χ1) is 17.4. The Bertz CT molecular complexity index is 1410. The molecule has 0 unspecified atom stereocenters. The van der Waals surface area contributed by atoms with Crippen LogP contribution in [0.25, 0.3) is 22.2 Å². The molecule has 0 atom stereocenters. The number of benzene rings is 1.